The van der Waals surface area contributed by atoms with Gasteiger partial charge in [0.2, 0.25) is 0 Å². The first-order valence-electron chi connectivity index (χ1n) is 5.75. The summed E-state index contributed by atoms with van der Waals surface area (Å²) in [6.45, 7) is 0.167. The molecular formula is C15H13FO3. The van der Waals surface area contributed by atoms with E-state index in [2.05, 4.69) is 0 Å². The van der Waals surface area contributed by atoms with Crippen LogP contribution in [0.3, 0.4) is 0 Å². The van der Waals surface area contributed by atoms with E-state index >= 15 is 0 Å². The molecule has 4 heteroatoms. The number of carbonyl (C=O) groups excluding carboxylic acids is 1. The highest BCUT2D eigenvalue weighted by Gasteiger charge is 2.14. The molecule has 0 amide bonds. The third-order valence-electron chi connectivity index (χ3n) is 2.60. The smallest absolute Gasteiger partial charge is 0.342 e. The van der Waals surface area contributed by atoms with Gasteiger partial charge in [0.1, 0.15) is 23.7 Å². The Morgan fingerprint density at radius 2 is 1.89 bits per heavy atom. The summed E-state index contributed by atoms with van der Waals surface area (Å²) >= 11 is 0. The molecule has 0 aromatic heterocycles. The lowest BCUT2D eigenvalue weighted by Crippen LogP contribution is -2.07. The number of carbonyl (C=O) groups is 1. The standard InChI is InChI=1S/C15H13FO3/c1-18-14-9-12(16)7-8-13(14)15(17)19-10-11-5-3-2-4-6-11/h2-9H,10H2,1H3. The average molecular weight is 260 g/mol. The van der Waals surface area contributed by atoms with Gasteiger partial charge >= 0.3 is 5.97 Å². The number of halogens is 1. The second kappa shape index (κ2) is 6.00. The third kappa shape index (κ3) is 3.31. The van der Waals surface area contributed by atoms with Crippen molar-refractivity contribution in [3.63, 3.8) is 0 Å². The van der Waals surface area contributed by atoms with Gasteiger partial charge in [-0.25, -0.2) is 9.18 Å². The van der Waals surface area contributed by atoms with E-state index in [1.54, 1.807) is 0 Å². The van der Waals surface area contributed by atoms with Crippen molar-refractivity contribution in [2.24, 2.45) is 0 Å². The summed E-state index contributed by atoms with van der Waals surface area (Å²) in [6, 6.07) is 13.0. The molecule has 0 spiro atoms. The molecule has 0 saturated carbocycles. The highest BCUT2D eigenvalue weighted by molar-refractivity contribution is 5.92. The zero-order chi connectivity index (χ0) is 13.7. The molecule has 0 heterocycles. The summed E-state index contributed by atoms with van der Waals surface area (Å²) in [7, 11) is 1.38. The second-order valence-electron chi connectivity index (χ2n) is 3.91. The number of esters is 1. The Labute approximate surface area is 110 Å². The van der Waals surface area contributed by atoms with E-state index in [0.29, 0.717) is 0 Å². The molecule has 19 heavy (non-hydrogen) atoms. The van der Waals surface area contributed by atoms with Gasteiger partial charge in [-0.2, -0.15) is 0 Å². The van der Waals surface area contributed by atoms with E-state index in [0.717, 1.165) is 11.6 Å². The maximum absolute atomic E-state index is 13.0. The molecule has 0 saturated heterocycles. The number of hydrogen-bond donors (Lipinski definition) is 0. The van der Waals surface area contributed by atoms with Gasteiger partial charge in [0, 0.05) is 6.07 Å². The van der Waals surface area contributed by atoms with E-state index in [9.17, 15) is 9.18 Å². The van der Waals surface area contributed by atoms with Crippen molar-refractivity contribution in [1.82, 2.24) is 0 Å². The van der Waals surface area contributed by atoms with Gasteiger partial charge in [0.05, 0.1) is 7.11 Å². The number of methoxy groups -OCH3 is 1. The van der Waals surface area contributed by atoms with Crippen LogP contribution in [0.1, 0.15) is 15.9 Å². The van der Waals surface area contributed by atoms with Crippen LogP contribution in [0.5, 0.6) is 5.75 Å². The van der Waals surface area contributed by atoms with Crippen LogP contribution in [0.2, 0.25) is 0 Å². The molecule has 0 N–H and O–H groups in total. The van der Waals surface area contributed by atoms with E-state index < -0.39 is 11.8 Å². The Morgan fingerprint density at radius 3 is 2.58 bits per heavy atom. The molecule has 2 rings (SSSR count). The molecular weight excluding hydrogens is 247 g/mol. The van der Waals surface area contributed by atoms with Crippen molar-refractivity contribution in [2.75, 3.05) is 7.11 Å². The predicted molar refractivity (Wildman–Crippen MR) is 68.5 cm³/mol. The maximum atomic E-state index is 13.0. The van der Waals surface area contributed by atoms with Crippen LogP contribution in [-0.2, 0) is 11.3 Å². The summed E-state index contributed by atoms with van der Waals surface area (Å²) in [5.74, 6) is -0.838. The Hall–Kier alpha value is -2.36. The van der Waals surface area contributed by atoms with Crippen molar-refractivity contribution >= 4 is 5.97 Å². The highest BCUT2D eigenvalue weighted by Crippen LogP contribution is 2.20. The average Bonchev–Trinajstić information content (AvgIpc) is 2.45. The van der Waals surface area contributed by atoms with Gasteiger partial charge < -0.3 is 9.47 Å². The second-order valence-corrected chi connectivity index (χ2v) is 3.91. The van der Waals surface area contributed by atoms with Crippen LogP contribution in [-0.4, -0.2) is 13.1 Å². The lowest BCUT2D eigenvalue weighted by molar-refractivity contribution is 0.0469. The zero-order valence-corrected chi connectivity index (χ0v) is 10.4. The van der Waals surface area contributed by atoms with E-state index in [4.69, 9.17) is 9.47 Å². The van der Waals surface area contributed by atoms with Crippen molar-refractivity contribution < 1.29 is 18.7 Å². The molecule has 0 aliphatic heterocycles. The van der Waals surface area contributed by atoms with Crippen molar-refractivity contribution in [3.8, 4) is 5.75 Å². The molecule has 2 aromatic carbocycles. The van der Waals surface area contributed by atoms with Crippen LogP contribution in [0, 0.1) is 5.82 Å². The topological polar surface area (TPSA) is 35.5 Å². The highest BCUT2D eigenvalue weighted by atomic mass is 19.1. The largest absolute Gasteiger partial charge is 0.496 e. The first-order valence-corrected chi connectivity index (χ1v) is 5.75. The van der Waals surface area contributed by atoms with Gasteiger partial charge in [0.25, 0.3) is 0 Å². The van der Waals surface area contributed by atoms with Crippen molar-refractivity contribution in [3.05, 3.63) is 65.5 Å². The molecule has 0 bridgehead atoms. The normalized spacial score (nSPS) is 10.0. The van der Waals surface area contributed by atoms with E-state index in [-0.39, 0.29) is 17.9 Å². The molecule has 98 valence electrons. The molecule has 0 atom stereocenters. The number of ether oxygens (including phenoxy) is 2. The molecule has 0 aliphatic rings. The van der Waals surface area contributed by atoms with Gasteiger partial charge in [-0.1, -0.05) is 30.3 Å². The molecule has 0 radical (unpaired) electrons. The molecule has 0 fully saturated rings. The Balaban J connectivity index is 2.08. The van der Waals surface area contributed by atoms with Crippen LogP contribution in [0.4, 0.5) is 4.39 Å². The lowest BCUT2D eigenvalue weighted by atomic mass is 10.2. The number of hydrogen-bond acceptors (Lipinski definition) is 3. The number of rotatable bonds is 4. The maximum Gasteiger partial charge on any atom is 0.342 e. The van der Waals surface area contributed by atoms with Gasteiger partial charge in [-0.15, -0.1) is 0 Å². The fraction of sp³-hybridized carbons (Fsp3) is 0.133. The van der Waals surface area contributed by atoms with Crippen LogP contribution in [0.15, 0.2) is 48.5 Å². The van der Waals surface area contributed by atoms with Gasteiger partial charge in [-0.05, 0) is 17.7 Å². The van der Waals surface area contributed by atoms with E-state index in [1.165, 1.54) is 19.2 Å². The minimum absolute atomic E-state index is 0.165. The fourth-order valence-electron chi connectivity index (χ4n) is 1.63. The van der Waals surface area contributed by atoms with Crippen LogP contribution >= 0.6 is 0 Å². The molecule has 0 unspecified atom stereocenters. The third-order valence-corrected chi connectivity index (χ3v) is 2.60. The molecule has 3 nitrogen and oxygen atoms in total. The summed E-state index contributed by atoms with van der Waals surface area (Å²) in [5, 5.41) is 0. The molecule has 0 aliphatic carbocycles. The Bertz CT molecular complexity index is 567. The van der Waals surface area contributed by atoms with Gasteiger partial charge in [0.15, 0.2) is 0 Å². The van der Waals surface area contributed by atoms with Crippen molar-refractivity contribution in [1.29, 1.82) is 0 Å². The monoisotopic (exact) mass is 260 g/mol. The van der Waals surface area contributed by atoms with Gasteiger partial charge in [-0.3, -0.25) is 0 Å². The summed E-state index contributed by atoms with van der Waals surface area (Å²) in [4.78, 5) is 11.9. The fourth-order valence-corrected chi connectivity index (χ4v) is 1.63. The van der Waals surface area contributed by atoms with Crippen LogP contribution in [0.25, 0.3) is 0 Å². The van der Waals surface area contributed by atoms with Crippen LogP contribution < -0.4 is 4.74 Å². The summed E-state index contributed by atoms with van der Waals surface area (Å²) < 4.78 is 23.1. The minimum atomic E-state index is -0.541. The minimum Gasteiger partial charge on any atom is -0.496 e. The van der Waals surface area contributed by atoms with E-state index in [1.807, 2.05) is 30.3 Å². The zero-order valence-electron chi connectivity index (χ0n) is 10.4. The first kappa shape index (κ1) is 13.1. The lowest BCUT2D eigenvalue weighted by Gasteiger charge is -2.08. The molecule has 2 aromatic rings. The van der Waals surface area contributed by atoms with Crippen molar-refractivity contribution in [2.45, 2.75) is 6.61 Å². The Kier molecular flexibility index (Phi) is 4.13. The first-order chi connectivity index (χ1) is 9.20. The summed E-state index contributed by atoms with van der Waals surface area (Å²) in [6.07, 6.45) is 0. The Morgan fingerprint density at radius 1 is 1.16 bits per heavy atom. The number of benzene rings is 2. The SMILES string of the molecule is COc1cc(F)ccc1C(=O)OCc1ccccc1. The predicted octanol–water partition coefficient (Wildman–Crippen LogP) is 3.19. The quantitative estimate of drug-likeness (QED) is 0.792. The summed E-state index contributed by atoms with van der Waals surface area (Å²) in [5.41, 5.74) is 1.09.